The van der Waals surface area contributed by atoms with Gasteiger partial charge in [-0.3, -0.25) is 9.59 Å². The van der Waals surface area contributed by atoms with E-state index >= 15 is 0 Å². The average molecular weight is 381 g/mol. The molecule has 144 valence electrons. The van der Waals surface area contributed by atoms with Gasteiger partial charge in [0, 0.05) is 44.7 Å². The zero-order valence-electron chi connectivity index (χ0n) is 15.2. The molecule has 2 aliphatic rings. The van der Waals surface area contributed by atoms with E-state index in [1.807, 2.05) is 0 Å². The molecule has 1 N–H and O–H groups in total. The summed E-state index contributed by atoms with van der Waals surface area (Å²) in [6.07, 6.45) is 3.69. The van der Waals surface area contributed by atoms with Crippen molar-refractivity contribution in [2.45, 2.75) is 38.1 Å². The molecule has 1 atom stereocenters. The number of hydrogen-bond donors (Lipinski definition) is 1. The molecule has 1 aromatic rings. The molecule has 26 heavy (non-hydrogen) atoms. The number of nitrogens with zero attached hydrogens (tertiary/aromatic N) is 2. The van der Waals surface area contributed by atoms with Gasteiger partial charge in [0.2, 0.25) is 11.8 Å². The van der Waals surface area contributed by atoms with Crippen LogP contribution in [0.1, 0.15) is 42.3 Å². The predicted octanol–water partition coefficient (Wildman–Crippen LogP) is 1.54. The highest BCUT2D eigenvalue weighted by Gasteiger charge is 2.28. The number of methoxy groups -OCH3 is 1. The Bertz CT molecular complexity index is 615. The van der Waals surface area contributed by atoms with Gasteiger partial charge in [-0.25, -0.2) is 4.98 Å². The summed E-state index contributed by atoms with van der Waals surface area (Å²) in [7, 11) is 1.51. The molecule has 2 saturated heterocycles. The van der Waals surface area contributed by atoms with Crippen LogP contribution in [-0.2, 0) is 25.6 Å². The quantitative estimate of drug-likeness (QED) is 0.808. The number of rotatable bonds is 6. The third-order valence-corrected chi connectivity index (χ3v) is 5.90. The van der Waals surface area contributed by atoms with Crippen LogP contribution in [0.25, 0.3) is 0 Å². The Balaban J connectivity index is 1.47. The molecule has 2 aliphatic heterocycles. The lowest BCUT2D eigenvalue weighted by molar-refractivity contribution is -0.139. The van der Waals surface area contributed by atoms with Crippen LogP contribution in [0.2, 0.25) is 0 Å². The van der Waals surface area contributed by atoms with Gasteiger partial charge in [0.1, 0.15) is 11.6 Å². The molecule has 0 bridgehead atoms. The third-order valence-electron chi connectivity index (χ3n) is 5.04. The zero-order valence-corrected chi connectivity index (χ0v) is 16.1. The number of ether oxygens (including phenoxy) is 2. The Morgan fingerprint density at radius 3 is 2.96 bits per heavy atom. The van der Waals surface area contributed by atoms with Gasteiger partial charge in [-0.1, -0.05) is 0 Å². The number of piperidine rings is 1. The van der Waals surface area contributed by atoms with E-state index in [1.54, 1.807) is 16.2 Å². The molecule has 2 amide bonds. The van der Waals surface area contributed by atoms with Crippen LogP contribution < -0.4 is 5.32 Å². The first-order chi connectivity index (χ1) is 12.7. The van der Waals surface area contributed by atoms with E-state index in [2.05, 4.69) is 15.7 Å². The van der Waals surface area contributed by atoms with Crippen molar-refractivity contribution in [3.8, 4) is 0 Å². The second kappa shape index (κ2) is 9.43. The van der Waals surface area contributed by atoms with Gasteiger partial charge in [0.25, 0.3) is 0 Å². The van der Waals surface area contributed by atoms with Crippen LogP contribution in [0.15, 0.2) is 5.38 Å². The van der Waals surface area contributed by atoms with E-state index in [4.69, 9.17) is 9.47 Å². The van der Waals surface area contributed by atoms with Gasteiger partial charge in [0.15, 0.2) is 0 Å². The van der Waals surface area contributed by atoms with Crippen molar-refractivity contribution in [3.05, 3.63) is 16.1 Å². The van der Waals surface area contributed by atoms with Gasteiger partial charge in [0.05, 0.1) is 18.2 Å². The van der Waals surface area contributed by atoms with Crippen LogP contribution in [0.4, 0.5) is 0 Å². The first-order valence-electron chi connectivity index (χ1n) is 9.24. The molecular weight excluding hydrogens is 354 g/mol. The van der Waals surface area contributed by atoms with Crippen molar-refractivity contribution in [3.63, 3.8) is 0 Å². The van der Waals surface area contributed by atoms with Gasteiger partial charge >= 0.3 is 0 Å². The number of thiazole rings is 1. The number of amides is 2. The molecule has 7 nitrogen and oxygen atoms in total. The predicted molar refractivity (Wildman–Crippen MR) is 97.9 cm³/mol. The highest BCUT2D eigenvalue weighted by molar-refractivity contribution is 7.09. The molecule has 3 rings (SSSR count). The van der Waals surface area contributed by atoms with E-state index in [1.165, 1.54) is 7.11 Å². The summed E-state index contributed by atoms with van der Waals surface area (Å²) in [5.41, 5.74) is 1.12. The Hall–Kier alpha value is -1.51. The lowest BCUT2D eigenvalue weighted by Gasteiger charge is -2.31. The Morgan fingerprint density at radius 2 is 2.19 bits per heavy atom. The summed E-state index contributed by atoms with van der Waals surface area (Å²) in [4.78, 5) is 30.8. The molecule has 0 aliphatic carbocycles. The summed E-state index contributed by atoms with van der Waals surface area (Å²) < 4.78 is 10.3. The van der Waals surface area contributed by atoms with Crippen molar-refractivity contribution in [2.75, 3.05) is 40.0 Å². The third kappa shape index (κ3) is 5.02. The normalized spacial score (nSPS) is 21.6. The fourth-order valence-electron chi connectivity index (χ4n) is 3.53. The minimum atomic E-state index is -0.153. The van der Waals surface area contributed by atoms with Crippen molar-refractivity contribution in [1.82, 2.24) is 15.2 Å². The van der Waals surface area contributed by atoms with E-state index in [-0.39, 0.29) is 24.3 Å². The number of nitrogens with one attached hydrogen (secondary N) is 1. The minimum Gasteiger partial charge on any atom is -0.381 e. The molecule has 1 aromatic heterocycles. The number of aromatic nitrogens is 1. The standard InChI is InChI=1S/C18H27N3O4S/c1-24-11-17(22)21-6-2-3-14(10-21)18(23)19-9-16-20-15(12-26-16)13-4-7-25-8-5-13/h12-14H,2-11H2,1H3,(H,19,23)/t14-/m0/s1. The van der Waals surface area contributed by atoms with Crippen LogP contribution in [0.3, 0.4) is 0 Å². The fourth-order valence-corrected chi connectivity index (χ4v) is 4.34. The van der Waals surface area contributed by atoms with Gasteiger partial charge in [-0.05, 0) is 25.7 Å². The topological polar surface area (TPSA) is 80.8 Å². The van der Waals surface area contributed by atoms with Gasteiger partial charge in [-0.15, -0.1) is 11.3 Å². The number of likely N-dealkylation sites (tertiary alicyclic amines) is 1. The maximum Gasteiger partial charge on any atom is 0.248 e. The van der Waals surface area contributed by atoms with Crippen molar-refractivity contribution in [1.29, 1.82) is 0 Å². The van der Waals surface area contributed by atoms with Gasteiger partial charge in [-0.2, -0.15) is 0 Å². The first-order valence-corrected chi connectivity index (χ1v) is 10.1. The largest absolute Gasteiger partial charge is 0.381 e. The summed E-state index contributed by atoms with van der Waals surface area (Å²) >= 11 is 1.60. The molecule has 8 heteroatoms. The highest BCUT2D eigenvalue weighted by atomic mass is 32.1. The van der Waals surface area contributed by atoms with E-state index in [0.29, 0.717) is 25.6 Å². The molecule has 0 saturated carbocycles. The maximum absolute atomic E-state index is 12.5. The Labute approximate surface area is 158 Å². The smallest absolute Gasteiger partial charge is 0.248 e. The lowest BCUT2D eigenvalue weighted by atomic mass is 9.97. The summed E-state index contributed by atoms with van der Waals surface area (Å²) in [6, 6.07) is 0. The minimum absolute atomic E-state index is 0.00253. The van der Waals surface area contributed by atoms with Crippen molar-refractivity contribution < 1.29 is 19.1 Å². The second-order valence-electron chi connectivity index (χ2n) is 6.88. The van der Waals surface area contributed by atoms with E-state index in [0.717, 1.165) is 49.6 Å². The molecule has 0 aromatic carbocycles. The van der Waals surface area contributed by atoms with E-state index < -0.39 is 0 Å². The number of carbonyl (C=O) groups excluding carboxylic acids is 2. The van der Waals surface area contributed by atoms with Crippen LogP contribution in [0, 0.1) is 5.92 Å². The molecule has 3 heterocycles. The lowest BCUT2D eigenvalue weighted by Crippen LogP contribution is -2.46. The first kappa shape index (κ1) is 19.3. The second-order valence-corrected chi connectivity index (χ2v) is 7.83. The van der Waals surface area contributed by atoms with E-state index in [9.17, 15) is 9.59 Å². The Kier molecular flexibility index (Phi) is 6.99. The molecule has 0 unspecified atom stereocenters. The monoisotopic (exact) mass is 381 g/mol. The molecule has 0 spiro atoms. The molecular formula is C18H27N3O4S. The Morgan fingerprint density at radius 1 is 1.38 bits per heavy atom. The molecule has 2 fully saturated rings. The summed E-state index contributed by atoms with van der Waals surface area (Å²) in [5, 5.41) is 6.03. The molecule has 0 radical (unpaired) electrons. The summed E-state index contributed by atoms with van der Waals surface area (Å²) in [5.74, 6) is 0.274. The SMILES string of the molecule is COCC(=O)N1CCC[C@H](C(=O)NCc2nc(C3CCOCC3)cs2)C1. The number of carbonyl (C=O) groups is 2. The van der Waals surface area contributed by atoms with Crippen molar-refractivity contribution >= 4 is 23.2 Å². The number of hydrogen-bond acceptors (Lipinski definition) is 6. The van der Waals surface area contributed by atoms with Crippen molar-refractivity contribution in [2.24, 2.45) is 5.92 Å². The zero-order chi connectivity index (χ0) is 18.4. The van der Waals surface area contributed by atoms with Crippen LogP contribution in [-0.4, -0.2) is 61.7 Å². The van der Waals surface area contributed by atoms with Gasteiger partial charge < -0.3 is 19.7 Å². The average Bonchev–Trinajstić information content (AvgIpc) is 3.16. The van der Waals surface area contributed by atoms with Crippen LogP contribution in [0.5, 0.6) is 0 Å². The fraction of sp³-hybridized carbons (Fsp3) is 0.722. The summed E-state index contributed by atoms with van der Waals surface area (Å²) in [6.45, 7) is 3.30. The van der Waals surface area contributed by atoms with Crippen LogP contribution >= 0.6 is 11.3 Å². The highest BCUT2D eigenvalue weighted by Crippen LogP contribution is 2.27. The maximum atomic E-state index is 12.5.